The second-order valence-corrected chi connectivity index (χ2v) is 4.07. The average molecular weight is 252 g/mol. The third kappa shape index (κ3) is 3.11. The van der Waals surface area contributed by atoms with Crippen LogP contribution < -0.4 is 5.32 Å². The van der Waals surface area contributed by atoms with Gasteiger partial charge in [-0.15, -0.1) is 0 Å². The molecule has 0 saturated heterocycles. The highest BCUT2D eigenvalue weighted by molar-refractivity contribution is 6.30. The quantitative estimate of drug-likeness (QED) is 0.870. The largest absolute Gasteiger partial charge is 0.508 e. The van der Waals surface area contributed by atoms with Gasteiger partial charge in [0.25, 0.3) is 0 Å². The molecule has 0 atom stereocenters. The Morgan fingerprint density at radius 2 is 1.82 bits per heavy atom. The molecule has 0 aliphatic rings. The van der Waals surface area contributed by atoms with Crippen LogP contribution in [0.3, 0.4) is 0 Å². The van der Waals surface area contributed by atoms with Crippen molar-refractivity contribution in [2.75, 3.05) is 5.32 Å². The van der Waals surface area contributed by atoms with Crippen LogP contribution in [-0.2, 0) is 6.54 Å². The van der Waals surface area contributed by atoms with Crippen LogP contribution in [-0.4, -0.2) is 5.11 Å². The minimum Gasteiger partial charge on any atom is -0.508 e. The first-order valence-electron chi connectivity index (χ1n) is 5.12. The Bertz CT molecular complexity index is 513. The van der Waals surface area contributed by atoms with E-state index < -0.39 is 0 Å². The summed E-state index contributed by atoms with van der Waals surface area (Å²) in [6.07, 6.45) is 0. The Morgan fingerprint density at radius 3 is 2.53 bits per heavy atom. The van der Waals surface area contributed by atoms with Gasteiger partial charge in [-0.1, -0.05) is 11.6 Å². The molecule has 2 nitrogen and oxygen atoms in total. The maximum absolute atomic E-state index is 12.7. The van der Waals surface area contributed by atoms with Crippen LogP contribution in [0, 0.1) is 5.82 Å². The number of aromatic hydroxyl groups is 1. The van der Waals surface area contributed by atoms with Gasteiger partial charge in [0, 0.05) is 22.8 Å². The van der Waals surface area contributed by atoms with Crippen LogP contribution in [0.4, 0.5) is 10.1 Å². The number of phenolic OH excluding ortho intramolecular Hbond substituents is 1. The second kappa shape index (κ2) is 5.06. The first-order chi connectivity index (χ1) is 8.15. The van der Waals surface area contributed by atoms with E-state index in [1.165, 1.54) is 12.1 Å². The van der Waals surface area contributed by atoms with E-state index in [1.54, 1.807) is 30.3 Å². The van der Waals surface area contributed by atoms with Crippen molar-refractivity contribution in [1.29, 1.82) is 0 Å². The average Bonchev–Trinajstić information content (AvgIpc) is 2.32. The molecule has 0 saturated carbocycles. The topological polar surface area (TPSA) is 32.3 Å². The van der Waals surface area contributed by atoms with Gasteiger partial charge < -0.3 is 10.4 Å². The van der Waals surface area contributed by atoms with E-state index in [-0.39, 0.29) is 11.6 Å². The minimum atomic E-state index is -0.277. The van der Waals surface area contributed by atoms with Crippen molar-refractivity contribution in [3.63, 3.8) is 0 Å². The maximum Gasteiger partial charge on any atom is 0.123 e. The van der Waals surface area contributed by atoms with E-state index in [4.69, 9.17) is 11.6 Å². The van der Waals surface area contributed by atoms with Crippen molar-refractivity contribution in [2.24, 2.45) is 0 Å². The molecule has 2 N–H and O–H groups in total. The van der Waals surface area contributed by atoms with E-state index in [0.717, 1.165) is 5.69 Å². The number of anilines is 1. The molecule has 2 aromatic carbocycles. The summed E-state index contributed by atoms with van der Waals surface area (Å²) in [5, 5.41) is 13.2. The molecule has 88 valence electrons. The lowest BCUT2D eigenvalue weighted by atomic mass is 10.2. The van der Waals surface area contributed by atoms with Crippen molar-refractivity contribution in [3.8, 4) is 5.75 Å². The molecule has 17 heavy (non-hydrogen) atoms. The summed E-state index contributed by atoms with van der Waals surface area (Å²) < 4.78 is 12.7. The van der Waals surface area contributed by atoms with Gasteiger partial charge in [0.2, 0.25) is 0 Å². The van der Waals surface area contributed by atoms with Crippen LogP contribution in [0.5, 0.6) is 5.75 Å². The fourth-order valence-electron chi connectivity index (χ4n) is 1.46. The molecule has 4 heteroatoms. The molecule has 0 fully saturated rings. The van der Waals surface area contributed by atoms with Crippen molar-refractivity contribution >= 4 is 17.3 Å². The molecule has 0 heterocycles. The molecule has 0 amide bonds. The van der Waals surface area contributed by atoms with E-state index >= 15 is 0 Å². The van der Waals surface area contributed by atoms with Crippen LogP contribution in [0.1, 0.15) is 5.56 Å². The molecule has 0 aliphatic carbocycles. The zero-order chi connectivity index (χ0) is 12.3. The fraction of sp³-hybridized carbons (Fsp3) is 0.0769. The molecule has 2 aromatic rings. The van der Waals surface area contributed by atoms with Gasteiger partial charge in [-0.3, -0.25) is 0 Å². The van der Waals surface area contributed by atoms with Crippen LogP contribution in [0.25, 0.3) is 0 Å². The number of phenols is 1. The van der Waals surface area contributed by atoms with Gasteiger partial charge in [-0.2, -0.15) is 0 Å². The number of hydrogen-bond donors (Lipinski definition) is 2. The number of benzene rings is 2. The van der Waals surface area contributed by atoms with E-state index in [2.05, 4.69) is 5.32 Å². The third-order valence-electron chi connectivity index (χ3n) is 2.37. The zero-order valence-corrected chi connectivity index (χ0v) is 9.71. The van der Waals surface area contributed by atoms with Crippen LogP contribution >= 0.6 is 11.6 Å². The van der Waals surface area contributed by atoms with Crippen molar-refractivity contribution in [3.05, 3.63) is 58.9 Å². The molecule has 0 aliphatic heterocycles. The maximum atomic E-state index is 12.7. The summed E-state index contributed by atoms with van der Waals surface area (Å²) in [4.78, 5) is 0. The number of nitrogens with one attached hydrogen (secondary N) is 1. The van der Waals surface area contributed by atoms with E-state index in [9.17, 15) is 9.50 Å². The smallest absolute Gasteiger partial charge is 0.123 e. The van der Waals surface area contributed by atoms with Gasteiger partial charge in [0.15, 0.2) is 0 Å². The third-order valence-corrected chi connectivity index (χ3v) is 2.60. The van der Waals surface area contributed by atoms with E-state index in [1.807, 2.05) is 0 Å². The standard InChI is InChI=1S/C13H11ClFNO/c14-10-1-6-13(17)9(7-10)8-16-12-4-2-11(15)3-5-12/h1-7,16-17H,8H2. The normalized spacial score (nSPS) is 10.2. The van der Waals surface area contributed by atoms with Crippen molar-refractivity contribution < 1.29 is 9.50 Å². The number of halogens is 2. The van der Waals surface area contributed by atoms with Gasteiger partial charge >= 0.3 is 0 Å². The summed E-state index contributed by atoms with van der Waals surface area (Å²) in [5.74, 6) is -0.0924. The molecule has 0 radical (unpaired) electrons. The monoisotopic (exact) mass is 251 g/mol. The molecule has 2 rings (SSSR count). The molecular weight excluding hydrogens is 241 g/mol. The molecule has 0 unspecified atom stereocenters. The van der Waals surface area contributed by atoms with Crippen LogP contribution in [0.15, 0.2) is 42.5 Å². The van der Waals surface area contributed by atoms with Gasteiger partial charge in [0.05, 0.1) is 0 Å². The number of hydrogen-bond acceptors (Lipinski definition) is 2. The van der Waals surface area contributed by atoms with Gasteiger partial charge in [-0.25, -0.2) is 4.39 Å². The molecule has 0 bridgehead atoms. The Hall–Kier alpha value is -1.74. The highest BCUT2D eigenvalue weighted by atomic mass is 35.5. The Kier molecular flexibility index (Phi) is 3.49. The summed E-state index contributed by atoms with van der Waals surface area (Å²) in [6.45, 7) is 0.429. The summed E-state index contributed by atoms with van der Waals surface area (Å²) in [7, 11) is 0. The van der Waals surface area contributed by atoms with Gasteiger partial charge in [0.1, 0.15) is 11.6 Å². The molecular formula is C13H11ClFNO. The SMILES string of the molecule is Oc1ccc(Cl)cc1CNc1ccc(F)cc1. The fourth-order valence-corrected chi connectivity index (χ4v) is 1.66. The summed E-state index contributed by atoms with van der Waals surface area (Å²) in [6, 6.07) is 10.9. The second-order valence-electron chi connectivity index (χ2n) is 3.63. The Morgan fingerprint density at radius 1 is 1.12 bits per heavy atom. The predicted octanol–water partition coefficient (Wildman–Crippen LogP) is 3.80. The Labute approximate surface area is 104 Å². The first-order valence-corrected chi connectivity index (χ1v) is 5.50. The Balaban J connectivity index is 2.07. The lowest BCUT2D eigenvalue weighted by Crippen LogP contribution is -1.99. The van der Waals surface area contributed by atoms with Crippen molar-refractivity contribution in [2.45, 2.75) is 6.54 Å². The van der Waals surface area contributed by atoms with Crippen LogP contribution in [0.2, 0.25) is 5.02 Å². The highest BCUT2D eigenvalue weighted by Crippen LogP contribution is 2.22. The lowest BCUT2D eigenvalue weighted by Gasteiger charge is -2.08. The minimum absolute atomic E-state index is 0.184. The lowest BCUT2D eigenvalue weighted by molar-refractivity contribution is 0.469. The van der Waals surface area contributed by atoms with Gasteiger partial charge in [-0.05, 0) is 42.5 Å². The summed E-state index contributed by atoms with van der Waals surface area (Å²) in [5.41, 5.74) is 1.48. The van der Waals surface area contributed by atoms with Crippen molar-refractivity contribution in [1.82, 2.24) is 0 Å². The zero-order valence-electron chi connectivity index (χ0n) is 8.95. The predicted molar refractivity (Wildman–Crippen MR) is 66.8 cm³/mol. The summed E-state index contributed by atoms with van der Waals surface area (Å²) >= 11 is 5.83. The first kappa shape index (κ1) is 11.7. The highest BCUT2D eigenvalue weighted by Gasteiger charge is 2.02. The molecule has 0 spiro atoms. The van der Waals surface area contributed by atoms with E-state index in [0.29, 0.717) is 17.1 Å². The molecule has 0 aromatic heterocycles. The number of rotatable bonds is 3.